The van der Waals surface area contributed by atoms with Crippen molar-refractivity contribution in [2.24, 2.45) is 0 Å². The van der Waals surface area contributed by atoms with E-state index >= 15 is 0 Å². The van der Waals surface area contributed by atoms with E-state index in [4.69, 9.17) is 11.6 Å². The molecule has 0 unspecified atom stereocenters. The van der Waals surface area contributed by atoms with Gasteiger partial charge in [-0.15, -0.1) is 11.6 Å². The molecular formula is C13H16ClNO. The predicted octanol–water partition coefficient (Wildman–Crippen LogP) is 2.84. The van der Waals surface area contributed by atoms with Gasteiger partial charge in [0.25, 0.3) is 5.91 Å². The van der Waals surface area contributed by atoms with E-state index in [1.165, 1.54) is 0 Å². The van der Waals surface area contributed by atoms with Crippen LogP contribution in [0.3, 0.4) is 0 Å². The predicted molar refractivity (Wildman–Crippen MR) is 66.0 cm³/mol. The summed E-state index contributed by atoms with van der Waals surface area (Å²) in [5, 5.41) is 0. The average molecular weight is 238 g/mol. The van der Waals surface area contributed by atoms with Crippen molar-refractivity contribution in [1.82, 2.24) is 4.90 Å². The third-order valence-corrected chi connectivity index (χ3v) is 3.55. The molecule has 1 aliphatic heterocycles. The van der Waals surface area contributed by atoms with Crippen LogP contribution in [0.2, 0.25) is 0 Å². The fraction of sp³-hybridized carbons (Fsp3) is 0.462. The van der Waals surface area contributed by atoms with E-state index in [1.54, 1.807) is 0 Å². The molecule has 0 aliphatic carbocycles. The number of carbonyl (C=O) groups is 1. The summed E-state index contributed by atoms with van der Waals surface area (Å²) in [4.78, 5) is 14.2. The first-order chi connectivity index (χ1) is 7.74. The van der Waals surface area contributed by atoms with Crippen molar-refractivity contribution in [2.75, 3.05) is 12.4 Å². The SMILES string of the molecule is Cc1ccccc1C(=O)N1CCC[C@H]1CCl. The lowest BCUT2D eigenvalue weighted by Crippen LogP contribution is -2.36. The van der Waals surface area contributed by atoms with E-state index in [1.807, 2.05) is 36.1 Å². The summed E-state index contributed by atoms with van der Waals surface area (Å²) in [5.41, 5.74) is 1.84. The zero-order valence-electron chi connectivity index (χ0n) is 9.45. The highest BCUT2D eigenvalue weighted by Gasteiger charge is 2.28. The molecule has 1 fully saturated rings. The first kappa shape index (κ1) is 11.5. The Morgan fingerprint density at radius 2 is 2.25 bits per heavy atom. The van der Waals surface area contributed by atoms with Crippen LogP contribution in [0.1, 0.15) is 28.8 Å². The van der Waals surface area contributed by atoms with Gasteiger partial charge in [0.2, 0.25) is 0 Å². The van der Waals surface area contributed by atoms with Gasteiger partial charge >= 0.3 is 0 Å². The number of amides is 1. The number of nitrogens with zero attached hydrogens (tertiary/aromatic N) is 1. The third-order valence-electron chi connectivity index (χ3n) is 3.19. The van der Waals surface area contributed by atoms with Gasteiger partial charge in [-0.25, -0.2) is 0 Å². The number of halogens is 1. The normalized spacial score (nSPS) is 20.1. The molecule has 0 saturated carbocycles. The van der Waals surface area contributed by atoms with Crippen molar-refractivity contribution in [1.29, 1.82) is 0 Å². The number of carbonyl (C=O) groups excluding carboxylic acids is 1. The Morgan fingerprint density at radius 1 is 1.50 bits per heavy atom. The van der Waals surface area contributed by atoms with Gasteiger partial charge in [0.1, 0.15) is 0 Å². The summed E-state index contributed by atoms with van der Waals surface area (Å²) in [5.74, 6) is 0.665. The van der Waals surface area contributed by atoms with E-state index in [0.717, 1.165) is 30.5 Å². The molecule has 1 atom stereocenters. The molecule has 0 radical (unpaired) electrons. The maximum atomic E-state index is 12.3. The average Bonchev–Trinajstić information content (AvgIpc) is 2.77. The molecule has 1 heterocycles. The number of alkyl halides is 1. The molecule has 0 spiro atoms. The van der Waals surface area contributed by atoms with Gasteiger partial charge < -0.3 is 4.90 Å². The van der Waals surface area contributed by atoms with Crippen molar-refractivity contribution in [3.05, 3.63) is 35.4 Å². The molecule has 1 aromatic rings. The van der Waals surface area contributed by atoms with E-state index < -0.39 is 0 Å². The highest BCUT2D eigenvalue weighted by molar-refractivity contribution is 6.18. The Bertz CT molecular complexity index is 391. The number of hydrogen-bond acceptors (Lipinski definition) is 1. The Morgan fingerprint density at radius 3 is 2.94 bits per heavy atom. The van der Waals surface area contributed by atoms with E-state index in [-0.39, 0.29) is 11.9 Å². The van der Waals surface area contributed by atoms with Crippen LogP contribution in [0.15, 0.2) is 24.3 Å². The minimum absolute atomic E-state index is 0.126. The first-order valence-corrected chi connectivity index (χ1v) is 6.20. The minimum atomic E-state index is 0.126. The lowest BCUT2D eigenvalue weighted by Gasteiger charge is -2.23. The molecule has 1 aromatic carbocycles. The molecule has 0 bridgehead atoms. The minimum Gasteiger partial charge on any atom is -0.334 e. The molecule has 2 rings (SSSR count). The quantitative estimate of drug-likeness (QED) is 0.725. The van der Waals surface area contributed by atoms with Gasteiger partial charge in [-0.3, -0.25) is 4.79 Å². The van der Waals surface area contributed by atoms with Crippen LogP contribution in [-0.4, -0.2) is 29.3 Å². The molecule has 1 aliphatic rings. The summed E-state index contributed by atoms with van der Waals surface area (Å²) in [7, 11) is 0. The number of rotatable bonds is 2. The Labute approximate surface area is 101 Å². The molecule has 1 saturated heterocycles. The van der Waals surface area contributed by atoms with Gasteiger partial charge in [0, 0.05) is 24.0 Å². The van der Waals surface area contributed by atoms with E-state index in [2.05, 4.69) is 0 Å². The molecule has 2 nitrogen and oxygen atoms in total. The summed E-state index contributed by atoms with van der Waals surface area (Å²) in [6.07, 6.45) is 2.09. The van der Waals surface area contributed by atoms with Crippen LogP contribution in [0.25, 0.3) is 0 Å². The molecule has 1 amide bonds. The summed E-state index contributed by atoms with van der Waals surface area (Å²) in [6, 6.07) is 7.94. The molecule has 86 valence electrons. The third kappa shape index (κ3) is 2.07. The fourth-order valence-corrected chi connectivity index (χ4v) is 2.55. The second-order valence-electron chi connectivity index (χ2n) is 4.26. The van der Waals surface area contributed by atoms with Crippen LogP contribution in [0.5, 0.6) is 0 Å². The van der Waals surface area contributed by atoms with Crippen molar-refractivity contribution >= 4 is 17.5 Å². The van der Waals surface area contributed by atoms with Crippen molar-refractivity contribution in [3.8, 4) is 0 Å². The van der Waals surface area contributed by atoms with Crippen molar-refractivity contribution in [3.63, 3.8) is 0 Å². The van der Waals surface area contributed by atoms with Crippen LogP contribution in [0, 0.1) is 6.92 Å². The van der Waals surface area contributed by atoms with Crippen LogP contribution in [0.4, 0.5) is 0 Å². The molecule has 3 heteroatoms. The second kappa shape index (κ2) is 4.88. The molecule has 16 heavy (non-hydrogen) atoms. The van der Waals surface area contributed by atoms with E-state index in [0.29, 0.717) is 5.88 Å². The Hall–Kier alpha value is -1.02. The molecule has 0 aromatic heterocycles. The number of benzene rings is 1. The standard InChI is InChI=1S/C13H16ClNO/c1-10-5-2-3-7-12(10)13(16)15-8-4-6-11(15)9-14/h2-3,5,7,11H,4,6,8-9H2,1H3/t11-/m0/s1. The summed E-state index contributed by atoms with van der Waals surface area (Å²) in [6.45, 7) is 2.81. The Kier molecular flexibility index (Phi) is 3.49. The van der Waals surface area contributed by atoms with Gasteiger partial charge in [-0.05, 0) is 31.4 Å². The second-order valence-corrected chi connectivity index (χ2v) is 4.57. The van der Waals surface area contributed by atoms with Crippen molar-refractivity contribution in [2.45, 2.75) is 25.8 Å². The first-order valence-electron chi connectivity index (χ1n) is 5.66. The van der Waals surface area contributed by atoms with E-state index in [9.17, 15) is 4.79 Å². The summed E-state index contributed by atoms with van der Waals surface area (Å²) >= 11 is 5.88. The molecular weight excluding hydrogens is 222 g/mol. The maximum Gasteiger partial charge on any atom is 0.254 e. The van der Waals surface area contributed by atoms with Gasteiger partial charge in [-0.2, -0.15) is 0 Å². The van der Waals surface area contributed by atoms with Crippen LogP contribution < -0.4 is 0 Å². The summed E-state index contributed by atoms with van der Waals surface area (Å²) < 4.78 is 0. The lowest BCUT2D eigenvalue weighted by molar-refractivity contribution is 0.0748. The monoisotopic (exact) mass is 237 g/mol. The highest BCUT2D eigenvalue weighted by Crippen LogP contribution is 2.22. The Balaban J connectivity index is 2.22. The highest BCUT2D eigenvalue weighted by atomic mass is 35.5. The molecule has 0 N–H and O–H groups in total. The lowest BCUT2D eigenvalue weighted by atomic mass is 10.1. The van der Waals surface area contributed by atoms with Gasteiger partial charge in [0.05, 0.1) is 0 Å². The fourth-order valence-electron chi connectivity index (χ4n) is 2.23. The number of likely N-dealkylation sites (tertiary alicyclic amines) is 1. The zero-order valence-corrected chi connectivity index (χ0v) is 10.2. The zero-order chi connectivity index (χ0) is 11.5. The maximum absolute atomic E-state index is 12.3. The van der Waals surface area contributed by atoms with Crippen molar-refractivity contribution < 1.29 is 4.79 Å². The largest absolute Gasteiger partial charge is 0.334 e. The van der Waals surface area contributed by atoms with Gasteiger partial charge in [-0.1, -0.05) is 18.2 Å². The van der Waals surface area contributed by atoms with Gasteiger partial charge in [0.15, 0.2) is 0 Å². The topological polar surface area (TPSA) is 20.3 Å². The van der Waals surface area contributed by atoms with Crippen LogP contribution in [-0.2, 0) is 0 Å². The number of hydrogen-bond donors (Lipinski definition) is 0. The number of aryl methyl sites for hydroxylation is 1. The smallest absolute Gasteiger partial charge is 0.254 e. The van der Waals surface area contributed by atoms with Crippen LogP contribution >= 0.6 is 11.6 Å².